The first kappa shape index (κ1) is 7.44. The van der Waals surface area contributed by atoms with Crippen molar-refractivity contribution in [3.8, 4) is 0 Å². The van der Waals surface area contributed by atoms with E-state index in [0.29, 0.717) is 6.42 Å². The lowest BCUT2D eigenvalue weighted by Crippen LogP contribution is -2.10. The van der Waals surface area contributed by atoms with E-state index in [-0.39, 0.29) is 18.7 Å². The Bertz CT molecular complexity index is 151. The van der Waals surface area contributed by atoms with Gasteiger partial charge in [0.1, 0.15) is 6.79 Å². The Kier molecular flexibility index (Phi) is 2.59. The number of methoxy groups -OCH3 is 1. The van der Waals surface area contributed by atoms with E-state index in [1.165, 1.54) is 0 Å². The summed E-state index contributed by atoms with van der Waals surface area (Å²) in [7, 11) is 1.56. The molecule has 0 saturated carbocycles. The third-order valence-corrected chi connectivity index (χ3v) is 1.30. The zero-order valence-corrected chi connectivity index (χ0v) is 5.87. The van der Waals surface area contributed by atoms with E-state index in [9.17, 15) is 4.79 Å². The quantitative estimate of drug-likeness (QED) is 0.538. The molecule has 0 spiro atoms. The molecule has 1 rings (SSSR count). The van der Waals surface area contributed by atoms with Crippen LogP contribution in [-0.4, -0.2) is 25.8 Å². The summed E-state index contributed by atoms with van der Waals surface area (Å²) in [6.45, 7) is 0.252. The van der Waals surface area contributed by atoms with E-state index < -0.39 is 0 Å². The van der Waals surface area contributed by atoms with Gasteiger partial charge >= 0.3 is 0 Å². The molecule has 3 heteroatoms. The Morgan fingerprint density at radius 2 is 2.60 bits per heavy atom. The molecule has 0 radical (unpaired) electrons. The molecule has 0 fully saturated rings. The van der Waals surface area contributed by atoms with E-state index in [4.69, 9.17) is 4.74 Å². The largest absolute Gasteiger partial charge is 0.359 e. The van der Waals surface area contributed by atoms with Gasteiger partial charge in [0.15, 0.2) is 5.78 Å². The van der Waals surface area contributed by atoms with Crippen LogP contribution in [0.15, 0.2) is 12.2 Å². The van der Waals surface area contributed by atoms with Crippen LogP contribution in [0.1, 0.15) is 6.42 Å². The van der Waals surface area contributed by atoms with Crippen LogP contribution in [0.3, 0.4) is 0 Å². The minimum absolute atomic E-state index is 0.0625. The van der Waals surface area contributed by atoms with E-state index in [0.717, 1.165) is 0 Å². The van der Waals surface area contributed by atoms with E-state index in [1.54, 1.807) is 19.3 Å². The maximum absolute atomic E-state index is 10.6. The van der Waals surface area contributed by atoms with E-state index in [1.807, 2.05) is 0 Å². The Morgan fingerprint density at radius 3 is 3.10 bits per heavy atom. The molecule has 1 aliphatic rings. The number of ether oxygens (including phenoxy) is 2. The molecule has 0 aromatic rings. The number of rotatable bonds is 3. The highest BCUT2D eigenvalue weighted by Gasteiger charge is 2.15. The lowest BCUT2D eigenvalue weighted by molar-refractivity contribution is -0.117. The minimum Gasteiger partial charge on any atom is -0.359 e. The van der Waals surface area contributed by atoms with E-state index in [2.05, 4.69) is 4.74 Å². The predicted octanol–water partition coefficient (Wildman–Crippen LogP) is 0.505. The van der Waals surface area contributed by atoms with E-state index >= 15 is 0 Å². The lowest BCUT2D eigenvalue weighted by Gasteiger charge is -2.06. The number of carbonyl (C=O) groups is 1. The van der Waals surface area contributed by atoms with Gasteiger partial charge in [-0.3, -0.25) is 4.79 Å². The van der Waals surface area contributed by atoms with Crippen LogP contribution in [-0.2, 0) is 14.3 Å². The molecule has 1 aliphatic carbocycles. The van der Waals surface area contributed by atoms with Crippen LogP contribution < -0.4 is 0 Å². The molecule has 1 unspecified atom stereocenters. The monoisotopic (exact) mass is 142 g/mol. The van der Waals surface area contributed by atoms with Crippen LogP contribution >= 0.6 is 0 Å². The molecule has 0 aromatic carbocycles. The standard InChI is InChI=1S/C7H10O3/c1-9-5-10-7-3-2-6(8)4-7/h2-3,7H,4-5H2,1H3. The summed E-state index contributed by atoms with van der Waals surface area (Å²) in [6.07, 6.45) is 3.69. The van der Waals surface area contributed by atoms with Gasteiger partial charge in [-0.05, 0) is 6.08 Å². The average molecular weight is 142 g/mol. The highest BCUT2D eigenvalue weighted by molar-refractivity contribution is 5.92. The van der Waals surface area contributed by atoms with Crippen molar-refractivity contribution in [3.63, 3.8) is 0 Å². The summed E-state index contributed by atoms with van der Waals surface area (Å²) in [5.74, 6) is 0.126. The van der Waals surface area contributed by atoms with Gasteiger partial charge in [0.25, 0.3) is 0 Å². The predicted molar refractivity (Wildman–Crippen MR) is 35.5 cm³/mol. The summed E-state index contributed by atoms with van der Waals surface area (Å²) in [5.41, 5.74) is 0. The fourth-order valence-corrected chi connectivity index (χ4v) is 0.819. The smallest absolute Gasteiger partial charge is 0.158 e. The van der Waals surface area contributed by atoms with Crippen LogP contribution in [0.5, 0.6) is 0 Å². The van der Waals surface area contributed by atoms with Gasteiger partial charge in [-0.15, -0.1) is 0 Å². The third-order valence-electron chi connectivity index (χ3n) is 1.30. The number of carbonyl (C=O) groups excluding carboxylic acids is 1. The van der Waals surface area contributed by atoms with Crippen LogP contribution in [0.2, 0.25) is 0 Å². The average Bonchev–Trinajstić information content (AvgIpc) is 2.31. The molecule has 0 aliphatic heterocycles. The SMILES string of the molecule is COCOC1C=CC(=O)C1. The van der Waals surface area contributed by atoms with Gasteiger partial charge < -0.3 is 9.47 Å². The van der Waals surface area contributed by atoms with Crippen molar-refractivity contribution >= 4 is 5.78 Å². The molecule has 0 aromatic heterocycles. The van der Waals surface area contributed by atoms with Gasteiger partial charge in [-0.25, -0.2) is 0 Å². The van der Waals surface area contributed by atoms with Crippen LogP contribution in [0.4, 0.5) is 0 Å². The Hall–Kier alpha value is -0.670. The second kappa shape index (κ2) is 3.49. The maximum atomic E-state index is 10.6. The van der Waals surface area contributed by atoms with Crippen molar-refractivity contribution in [2.45, 2.75) is 12.5 Å². The Balaban J connectivity index is 2.20. The zero-order chi connectivity index (χ0) is 7.40. The van der Waals surface area contributed by atoms with Crippen molar-refractivity contribution in [2.24, 2.45) is 0 Å². The van der Waals surface area contributed by atoms with Crippen molar-refractivity contribution in [2.75, 3.05) is 13.9 Å². The Labute approximate surface area is 59.6 Å². The minimum atomic E-state index is -0.0625. The van der Waals surface area contributed by atoms with Crippen LogP contribution in [0.25, 0.3) is 0 Å². The molecular weight excluding hydrogens is 132 g/mol. The third kappa shape index (κ3) is 1.93. The van der Waals surface area contributed by atoms with Crippen LogP contribution in [0, 0.1) is 0 Å². The molecule has 0 bridgehead atoms. The number of ketones is 1. The molecule has 0 heterocycles. The summed E-state index contributed by atoms with van der Waals surface area (Å²) in [5, 5.41) is 0. The van der Waals surface area contributed by atoms with Crippen molar-refractivity contribution in [3.05, 3.63) is 12.2 Å². The number of hydrogen-bond donors (Lipinski definition) is 0. The molecule has 1 atom stereocenters. The molecular formula is C7H10O3. The Morgan fingerprint density at radius 1 is 1.80 bits per heavy atom. The van der Waals surface area contributed by atoms with Gasteiger partial charge in [-0.2, -0.15) is 0 Å². The summed E-state index contributed by atoms with van der Waals surface area (Å²) in [6, 6.07) is 0. The summed E-state index contributed by atoms with van der Waals surface area (Å²) in [4.78, 5) is 10.6. The van der Waals surface area contributed by atoms with Crippen molar-refractivity contribution in [1.82, 2.24) is 0 Å². The second-order valence-electron chi connectivity index (χ2n) is 2.14. The normalized spacial score (nSPS) is 24.1. The molecule has 56 valence electrons. The lowest BCUT2D eigenvalue weighted by atomic mass is 10.3. The molecule has 0 amide bonds. The van der Waals surface area contributed by atoms with Gasteiger partial charge in [0.2, 0.25) is 0 Å². The second-order valence-corrected chi connectivity index (χ2v) is 2.14. The summed E-state index contributed by atoms with van der Waals surface area (Å²) < 4.78 is 9.76. The van der Waals surface area contributed by atoms with Gasteiger partial charge in [0, 0.05) is 13.5 Å². The first-order valence-electron chi connectivity index (χ1n) is 3.14. The van der Waals surface area contributed by atoms with Gasteiger partial charge in [-0.1, -0.05) is 6.08 Å². The topological polar surface area (TPSA) is 35.5 Å². The summed E-state index contributed by atoms with van der Waals surface area (Å²) >= 11 is 0. The maximum Gasteiger partial charge on any atom is 0.158 e. The number of allylic oxidation sites excluding steroid dienone is 1. The van der Waals surface area contributed by atoms with Crippen molar-refractivity contribution < 1.29 is 14.3 Å². The molecule has 10 heavy (non-hydrogen) atoms. The first-order valence-corrected chi connectivity index (χ1v) is 3.14. The fraction of sp³-hybridized carbons (Fsp3) is 0.571. The van der Waals surface area contributed by atoms with Crippen molar-refractivity contribution in [1.29, 1.82) is 0 Å². The zero-order valence-electron chi connectivity index (χ0n) is 5.87. The molecule has 0 N–H and O–H groups in total. The molecule has 3 nitrogen and oxygen atoms in total. The van der Waals surface area contributed by atoms with Gasteiger partial charge in [0.05, 0.1) is 6.10 Å². The number of hydrogen-bond acceptors (Lipinski definition) is 3. The molecule has 0 saturated heterocycles. The highest BCUT2D eigenvalue weighted by atomic mass is 16.7. The fourth-order valence-electron chi connectivity index (χ4n) is 0.819. The first-order chi connectivity index (χ1) is 4.83. The highest BCUT2D eigenvalue weighted by Crippen LogP contribution is 2.09.